The van der Waals surface area contributed by atoms with Gasteiger partial charge in [0.05, 0.1) is 21.8 Å². The fourth-order valence-corrected chi connectivity index (χ4v) is 4.94. The fraction of sp³-hybridized carbons (Fsp3) is 0.320. The number of anilines is 1. The van der Waals surface area contributed by atoms with Gasteiger partial charge in [-0.1, -0.05) is 59.6 Å². The topological polar surface area (TPSA) is 67.7 Å². The molecule has 0 spiro atoms. The molecule has 1 aliphatic rings. The SMILES string of the molecule is Clc1cccc(Cl)c1-c1nc2cnc(NCc3ccccc3)nc2n1CCC1CCNCC1. The number of rotatable bonds is 7. The first kappa shape index (κ1) is 22.1. The van der Waals surface area contributed by atoms with E-state index in [9.17, 15) is 0 Å². The molecule has 170 valence electrons. The second-order valence-corrected chi connectivity index (χ2v) is 9.22. The van der Waals surface area contributed by atoms with E-state index >= 15 is 0 Å². The normalized spacial score (nSPS) is 14.6. The molecule has 4 aromatic rings. The monoisotopic (exact) mass is 480 g/mol. The first-order valence-electron chi connectivity index (χ1n) is 11.3. The summed E-state index contributed by atoms with van der Waals surface area (Å²) in [5.41, 5.74) is 3.43. The molecule has 0 radical (unpaired) electrons. The van der Waals surface area contributed by atoms with Crippen LogP contribution in [0, 0.1) is 5.92 Å². The molecule has 0 unspecified atom stereocenters. The molecule has 1 aliphatic heterocycles. The third-order valence-corrected chi connectivity index (χ3v) is 6.82. The number of hydrogen-bond donors (Lipinski definition) is 2. The molecule has 2 aromatic heterocycles. The zero-order valence-electron chi connectivity index (χ0n) is 18.3. The van der Waals surface area contributed by atoms with Gasteiger partial charge in [0.1, 0.15) is 11.3 Å². The Labute approximate surface area is 203 Å². The van der Waals surface area contributed by atoms with Gasteiger partial charge in [-0.3, -0.25) is 0 Å². The molecule has 0 amide bonds. The van der Waals surface area contributed by atoms with Gasteiger partial charge in [-0.15, -0.1) is 0 Å². The quantitative estimate of drug-likeness (QED) is 0.349. The van der Waals surface area contributed by atoms with Crippen LogP contribution >= 0.6 is 23.2 Å². The first-order valence-corrected chi connectivity index (χ1v) is 12.1. The molecule has 1 fully saturated rings. The van der Waals surface area contributed by atoms with Crippen molar-refractivity contribution in [2.75, 3.05) is 18.4 Å². The Morgan fingerprint density at radius 3 is 2.48 bits per heavy atom. The van der Waals surface area contributed by atoms with E-state index in [1.165, 1.54) is 18.4 Å². The van der Waals surface area contributed by atoms with Crippen molar-refractivity contribution in [1.29, 1.82) is 0 Å². The second kappa shape index (κ2) is 10.1. The van der Waals surface area contributed by atoms with Gasteiger partial charge in [0.15, 0.2) is 5.65 Å². The number of imidazole rings is 1. The Hall–Kier alpha value is -2.67. The molecule has 2 aromatic carbocycles. The summed E-state index contributed by atoms with van der Waals surface area (Å²) < 4.78 is 2.15. The summed E-state index contributed by atoms with van der Waals surface area (Å²) >= 11 is 13.1. The number of benzene rings is 2. The van der Waals surface area contributed by atoms with Crippen LogP contribution in [0.5, 0.6) is 0 Å². The molecule has 0 bridgehead atoms. The largest absolute Gasteiger partial charge is 0.350 e. The fourth-order valence-electron chi connectivity index (χ4n) is 4.38. The minimum absolute atomic E-state index is 0.575. The molecule has 8 heteroatoms. The maximum atomic E-state index is 6.57. The van der Waals surface area contributed by atoms with Crippen LogP contribution in [0.3, 0.4) is 0 Å². The summed E-state index contributed by atoms with van der Waals surface area (Å²) in [5, 5.41) is 7.94. The van der Waals surface area contributed by atoms with Gasteiger partial charge in [-0.25, -0.2) is 9.97 Å². The second-order valence-electron chi connectivity index (χ2n) is 8.41. The molecule has 0 saturated carbocycles. The summed E-state index contributed by atoms with van der Waals surface area (Å²) in [6, 6.07) is 15.7. The Kier molecular flexibility index (Phi) is 6.76. The number of fused-ring (bicyclic) bond motifs is 1. The van der Waals surface area contributed by atoms with E-state index in [1.54, 1.807) is 6.20 Å². The molecule has 1 saturated heterocycles. The smallest absolute Gasteiger partial charge is 0.225 e. The molecule has 0 atom stereocenters. The molecule has 6 nitrogen and oxygen atoms in total. The predicted molar refractivity (Wildman–Crippen MR) is 135 cm³/mol. The summed E-state index contributed by atoms with van der Waals surface area (Å²) in [6.45, 7) is 3.61. The number of aromatic nitrogens is 4. The maximum Gasteiger partial charge on any atom is 0.225 e. The molecular weight excluding hydrogens is 455 g/mol. The third-order valence-electron chi connectivity index (χ3n) is 6.19. The minimum atomic E-state index is 0.575. The average molecular weight is 481 g/mol. The van der Waals surface area contributed by atoms with Crippen molar-refractivity contribution in [3.05, 3.63) is 70.3 Å². The van der Waals surface area contributed by atoms with Gasteiger partial charge in [-0.05, 0) is 56.0 Å². The van der Waals surface area contributed by atoms with Crippen molar-refractivity contribution >= 4 is 40.3 Å². The molecule has 2 N–H and O–H groups in total. The predicted octanol–water partition coefficient (Wildman–Crippen LogP) is 5.80. The first-order chi connectivity index (χ1) is 16.2. The van der Waals surface area contributed by atoms with E-state index in [0.29, 0.717) is 28.5 Å². The van der Waals surface area contributed by atoms with Crippen molar-refractivity contribution in [2.45, 2.75) is 32.4 Å². The number of halogens is 2. The lowest BCUT2D eigenvalue weighted by Crippen LogP contribution is -2.28. The average Bonchev–Trinajstić information content (AvgIpc) is 3.20. The summed E-state index contributed by atoms with van der Waals surface area (Å²) in [5.74, 6) is 1.99. The van der Waals surface area contributed by atoms with Crippen LogP contribution in [0.25, 0.3) is 22.6 Å². The van der Waals surface area contributed by atoms with E-state index < -0.39 is 0 Å². The van der Waals surface area contributed by atoms with Crippen LogP contribution < -0.4 is 10.6 Å². The Morgan fingerprint density at radius 1 is 0.970 bits per heavy atom. The number of piperidine rings is 1. The van der Waals surface area contributed by atoms with E-state index in [0.717, 1.165) is 48.6 Å². The highest BCUT2D eigenvalue weighted by atomic mass is 35.5. The van der Waals surface area contributed by atoms with Gasteiger partial charge in [0.25, 0.3) is 0 Å². The van der Waals surface area contributed by atoms with Gasteiger partial charge in [-0.2, -0.15) is 4.98 Å². The van der Waals surface area contributed by atoms with Crippen molar-refractivity contribution < 1.29 is 0 Å². The Bertz CT molecular complexity index is 1210. The highest BCUT2D eigenvalue weighted by Crippen LogP contribution is 2.36. The van der Waals surface area contributed by atoms with Crippen molar-refractivity contribution in [3.8, 4) is 11.4 Å². The van der Waals surface area contributed by atoms with E-state index in [-0.39, 0.29) is 0 Å². The summed E-state index contributed by atoms with van der Waals surface area (Å²) in [4.78, 5) is 14.2. The summed E-state index contributed by atoms with van der Waals surface area (Å²) in [6.07, 6.45) is 5.20. The number of hydrogen-bond acceptors (Lipinski definition) is 5. The molecule has 33 heavy (non-hydrogen) atoms. The van der Waals surface area contributed by atoms with Crippen LogP contribution in [-0.4, -0.2) is 32.6 Å². The van der Waals surface area contributed by atoms with E-state index in [4.69, 9.17) is 33.2 Å². The van der Waals surface area contributed by atoms with Gasteiger partial charge in [0.2, 0.25) is 5.95 Å². The lowest BCUT2D eigenvalue weighted by molar-refractivity contribution is 0.339. The van der Waals surface area contributed by atoms with Crippen LogP contribution in [-0.2, 0) is 13.1 Å². The van der Waals surface area contributed by atoms with Gasteiger partial charge >= 0.3 is 0 Å². The van der Waals surface area contributed by atoms with Gasteiger partial charge < -0.3 is 15.2 Å². The van der Waals surface area contributed by atoms with E-state index in [2.05, 4.69) is 32.3 Å². The summed E-state index contributed by atoms with van der Waals surface area (Å²) in [7, 11) is 0. The van der Waals surface area contributed by atoms with Crippen LogP contribution in [0.1, 0.15) is 24.8 Å². The molecule has 3 heterocycles. The van der Waals surface area contributed by atoms with Crippen molar-refractivity contribution in [2.24, 2.45) is 5.92 Å². The number of aryl methyl sites for hydroxylation is 1. The van der Waals surface area contributed by atoms with E-state index in [1.807, 2.05) is 36.4 Å². The standard InChI is InChI=1S/C25H26Cl2N6/c26-19-7-4-8-20(27)22(19)24-31-21-16-30-25(29-15-18-5-2-1-3-6-18)32-23(21)33(24)14-11-17-9-12-28-13-10-17/h1-8,16-17,28H,9-15H2,(H,29,30,32). The van der Waals surface area contributed by atoms with Crippen molar-refractivity contribution in [1.82, 2.24) is 24.8 Å². The number of nitrogens with zero attached hydrogens (tertiary/aromatic N) is 4. The highest BCUT2D eigenvalue weighted by molar-refractivity contribution is 6.39. The molecule has 0 aliphatic carbocycles. The Balaban J connectivity index is 1.50. The van der Waals surface area contributed by atoms with Crippen LogP contribution in [0.15, 0.2) is 54.7 Å². The minimum Gasteiger partial charge on any atom is -0.350 e. The zero-order chi connectivity index (χ0) is 22.6. The van der Waals surface area contributed by atoms with Gasteiger partial charge in [0, 0.05) is 13.1 Å². The highest BCUT2D eigenvalue weighted by Gasteiger charge is 2.21. The van der Waals surface area contributed by atoms with Crippen molar-refractivity contribution in [3.63, 3.8) is 0 Å². The Morgan fingerprint density at radius 2 is 1.73 bits per heavy atom. The number of nitrogens with one attached hydrogen (secondary N) is 2. The van der Waals surface area contributed by atoms with Crippen LogP contribution in [0.4, 0.5) is 5.95 Å². The molecular formula is C25H26Cl2N6. The lowest BCUT2D eigenvalue weighted by Gasteiger charge is -2.23. The maximum absolute atomic E-state index is 6.57. The molecule has 5 rings (SSSR count). The zero-order valence-corrected chi connectivity index (χ0v) is 19.8. The lowest BCUT2D eigenvalue weighted by atomic mass is 9.95. The van der Waals surface area contributed by atoms with Crippen LogP contribution in [0.2, 0.25) is 10.0 Å². The third kappa shape index (κ3) is 4.98.